The molecule has 0 aliphatic heterocycles. The van der Waals surface area contributed by atoms with Gasteiger partial charge in [-0.15, -0.1) is 0 Å². The number of hydrogen-bond donors (Lipinski definition) is 0. The fraction of sp³-hybridized carbons (Fsp3) is 0.625. The third-order valence-corrected chi connectivity index (χ3v) is 6.39. The summed E-state index contributed by atoms with van der Waals surface area (Å²) in [5.74, 6) is 3.75. The van der Waals surface area contributed by atoms with E-state index in [2.05, 4.69) is 50.1 Å². The van der Waals surface area contributed by atoms with Crippen LogP contribution in [0.25, 0.3) is 0 Å². The van der Waals surface area contributed by atoms with Gasteiger partial charge in [0.05, 0.1) is 11.1 Å². The maximum atomic E-state index is 5.58. The minimum Gasteiger partial charge on any atom is -0.493 e. The molecule has 0 N–H and O–H groups in total. The van der Waals surface area contributed by atoms with Crippen LogP contribution in [0.1, 0.15) is 43.0 Å². The molecule has 2 aliphatic rings. The van der Waals surface area contributed by atoms with Crippen LogP contribution in [-0.2, 0) is 0 Å². The summed E-state index contributed by atoms with van der Waals surface area (Å²) in [6.45, 7) is 2.73. The molecule has 0 bridgehead atoms. The first-order valence-corrected chi connectivity index (χ1v) is 8.99. The molecule has 1 aromatic carbocycles. The van der Waals surface area contributed by atoms with Gasteiger partial charge >= 0.3 is 0 Å². The number of benzene rings is 1. The average Bonchev–Trinajstić information content (AvgIpc) is 3.15. The Morgan fingerprint density at radius 3 is 2.53 bits per heavy atom. The molecular weight excluding hydrogens is 368 g/mol. The van der Waals surface area contributed by atoms with E-state index in [1.165, 1.54) is 31.2 Å². The van der Waals surface area contributed by atoms with E-state index in [4.69, 9.17) is 4.74 Å². The van der Waals surface area contributed by atoms with Gasteiger partial charge in [-0.1, -0.05) is 34.8 Å². The van der Waals surface area contributed by atoms with Crippen LogP contribution in [-0.4, -0.2) is 6.61 Å². The van der Waals surface area contributed by atoms with E-state index in [0.717, 1.165) is 28.0 Å². The lowest BCUT2D eigenvalue weighted by Crippen LogP contribution is -1.97. The number of rotatable bonds is 4. The van der Waals surface area contributed by atoms with Crippen molar-refractivity contribution in [2.45, 2.75) is 37.4 Å². The van der Waals surface area contributed by atoms with Crippen LogP contribution in [0.2, 0.25) is 0 Å². The number of fused-ring (bicyclic) bond motifs is 1. The van der Waals surface area contributed by atoms with Crippen LogP contribution in [0.15, 0.2) is 22.7 Å². The Morgan fingerprint density at radius 2 is 1.95 bits per heavy atom. The van der Waals surface area contributed by atoms with E-state index in [0.29, 0.717) is 11.4 Å². The lowest BCUT2D eigenvalue weighted by molar-refractivity contribution is 0.338. The Kier molecular flexibility index (Phi) is 4.23. The summed E-state index contributed by atoms with van der Waals surface area (Å²) < 4.78 is 6.65. The van der Waals surface area contributed by atoms with E-state index in [9.17, 15) is 0 Å². The topological polar surface area (TPSA) is 9.23 Å². The van der Waals surface area contributed by atoms with Crippen LogP contribution in [0.5, 0.6) is 5.75 Å². The quantitative estimate of drug-likeness (QED) is 0.600. The summed E-state index contributed by atoms with van der Waals surface area (Å²) in [5, 5.41) is 0. The fourth-order valence-electron chi connectivity index (χ4n) is 3.67. The fourth-order valence-corrected chi connectivity index (χ4v) is 5.25. The lowest BCUT2D eigenvalue weighted by Gasteiger charge is -2.13. The van der Waals surface area contributed by atoms with Gasteiger partial charge in [0.25, 0.3) is 0 Å². The molecule has 19 heavy (non-hydrogen) atoms. The minimum absolute atomic E-state index is 0.507. The monoisotopic (exact) mass is 386 g/mol. The van der Waals surface area contributed by atoms with Gasteiger partial charge in [0.15, 0.2) is 0 Å². The molecule has 1 nitrogen and oxygen atoms in total. The van der Waals surface area contributed by atoms with Gasteiger partial charge in [0, 0.05) is 4.83 Å². The molecule has 2 saturated carbocycles. The predicted molar refractivity (Wildman–Crippen MR) is 85.9 cm³/mol. The van der Waals surface area contributed by atoms with E-state index in [1.54, 1.807) is 0 Å². The van der Waals surface area contributed by atoms with E-state index >= 15 is 0 Å². The molecule has 0 aromatic heterocycles. The zero-order chi connectivity index (χ0) is 13.4. The molecule has 0 heterocycles. The molecule has 3 atom stereocenters. The van der Waals surface area contributed by atoms with Gasteiger partial charge in [0.1, 0.15) is 5.75 Å². The normalized spacial score (nSPS) is 30.6. The first-order chi connectivity index (χ1) is 9.22. The molecule has 0 amide bonds. The first-order valence-electron chi connectivity index (χ1n) is 7.28. The average molecular weight is 388 g/mol. The summed E-state index contributed by atoms with van der Waals surface area (Å²) in [6.07, 6.45) is 5.75. The highest BCUT2D eigenvalue weighted by Gasteiger charge is 2.53. The second-order valence-electron chi connectivity index (χ2n) is 5.71. The Labute approximate surface area is 132 Å². The minimum atomic E-state index is 0.507. The number of hydrogen-bond acceptors (Lipinski definition) is 1. The van der Waals surface area contributed by atoms with Gasteiger partial charge in [-0.05, 0) is 71.1 Å². The van der Waals surface area contributed by atoms with Crippen molar-refractivity contribution in [1.82, 2.24) is 0 Å². The van der Waals surface area contributed by atoms with Crippen molar-refractivity contribution in [3.05, 3.63) is 28.2 Å². The molecule has 2 fully saturated rings. The highest BCUT2D eigenvalue weighted by Crippen LogP contribution is 2.62. The largest absolute Gasteiger partial charge is 0.493 e. The Balaban J connectivity index is 1.73. The van der Waals surface area contributed by atoms with Gasteiger partial charge in [0.2, 0.25) is 0 Å². The van der Waals surface area contributed by atoms with Crippen molar-refractivity contribution in [2.75, 3.05) is 6.61 Å². The van der Waals surface area contributed by atoms with Gasteiger partial charge in [-0.2, -0.15) is 0 Å². The SMILES string of the molecule is CCOc1ccc(C(Br)C2C3CCCCC32)cc1Br. The van der Waals surface area contributed by atoms with Crippen molar-refractivity contribution in [2.24, 2.45) is 17.8 Å². The molecule has 3 heteroatoms. The maximum absolute atomic E-state index is 5.58. The van der Waals surface area contributed by atoms with Crippen molar-refractivity contribution in [3.8, 4) is 5.75 Å². The lowest BCUT2D eigenvalue weighted by atomic mass is 10.0. The number of alkyl halides is 1. The molecule has 3 rings (SSSR count). The second-order valence-corrected chi connectivity index (χ2v) is 7.55. The van der Waals surface area contributed by atoms with Gasteiger partial charge < -0.3 is 4.74 Å². The summed E-state index contributed by atoms with van der Waals surface area (Å²) >= 11 is 7.56. The first kappa shape index (κ1) is 13.9. The summed E-state index contributed by atoms with van der Waals surface area (Å²) in [5.41, 5.74) is 1.38. The molecule has 0 radical (unpaired) electrons. The standard InChI is InChI=1S/C16H20Br2O/c1-2-19-14-8-7-10(9-13(14)17)16(18)15-11-5-3-4-6-12(11)15/h7-9,11-12,15-16H,2-6H2,1H3. The van der Waals surface area contributed by atoms with Crippen molar-refractivity contribution >= 4 is 31.9 Å². The van der Waals surface area contributed by atoms with Crippen molar-refractivity contribution in [3.63, 3.8) is 0 Å². The third kappa shape index (κ3) is 2.73. The zero-order valence-electron chi connectivity index (χ0n) is 11.2. The smallest absolute Gasteiger partial charge is 0.133 e. The van der Waals surface area contributed by atoms with Crippen molar-refractivity contribution in [1.29, 1.82) is 0 Å². The molecule has 0 saturated heterocycles. The Morgan fingerprint density at radius 1 is 1.26 bits per heavy atom. The van der Waals surface area contributed by atoms with Crippen LogP contribution in [0.4, 0.5) is 0 Å². The molecular formula is C16H20Br2O. The summed E-state index contributed by atoms with van der Waals surface area (Å²) in [6, 6.07) is 6.51. The molecule has 0 spiro atoms. The van der Waals surface area contributed by atoms with E-state index < -0.39 is 0 Å². The van der Waals surface area contributed by atoms with Crippen LogP contribution >= 0.6 is 31.9 Å². The second kappa shape index (κ2) is 5.77. The molecule has 2 aliphatic carbocycles. The van der Waals surface area contributed by atoms with Crippen molar-refractivity contribution < 1.29 is 4.74 Å². The highest BCUT2D eigenvalue weighted by atomic mass is 79.9. The predicted octanol–water partition coefficient (Wildman–Crippen LogP) is 5.72. The highest BCUT2D eigenvalue weighted by molar-refractivity contribution is 9.10. The van der Waals surface area contributed by atoms with Crippen LogP contribution in [0, 0.1) is 17.8 Å². The van der Waals surface area contributed by atoms with Crippen LogP contribution < -0.4 is 4.74 Å². The summed E-state index contributed by atoms with van der Waals surface area (Å²) in [4.78, 5) is 0.507. The maximum Gasteiger partial charge on any atom is 0.133 e. The third-order valence-electron chi connectivity index (χ3n) is 4.63. The molecule has 1 aromatic rings. The van der Waals surface area contributed by atoms with Crippen LogP contribution in [0.3, 0.4) is 0 Å². The number of ether oxygens (including phenoxy) is 1. The Hall–Kier alpha value is -0.0200. The molecule has 104 valence electrons. The van der Waals surface area contributed by atoms with E-state index in [-0.39, 0.29) is 0 Å². The summed E-state index contributed by atoms with van der Waals surface area (Å²) in [7, 11) is 0. The number of halogens is 2. The Bertz CT molecular complexity index is 448. The zero-order valence-corrected chi connectivity index (χ0v) is 14.4. The van der Waals surface area contributed by atoms with Gasteiger partial charge in [-0.25, -0.2) is 0 Å². The van der Waals surface area contributed by atoms with Gasteiger partial charge in [-0.3, -0.25) is 0 Å². The molecule has 3 unspecified atom stereocenters. The van der Waals surface area contributed by atoms with E-state index in [1.807, 2.05) is 6.92 Å².